The van der Waals surface area contributed by atoms with Crippen molar-refractivity contribution in [1.29, 1.82) is 0 Å². The maximum absolute atomic E-state index is 6.15. The Morgan fingerprint density at radius 3 is 2.79 bits per heavy atom. The molecule has 2 aromatic carbocycles. The zero-order valence-electron chi connectivity index (χ0n) is 10.6. The highest BCUT2D eigenvalue weighted by Crippen LogP contribution is 2.24. The minimum Gasteiger partial charge on any atom is -0.459 e. The van der Waals surface area contributed by atoms with Crippen LogP contribution in [0.15, 0.2) is 52.9 Å². The molecule has 0 fully saturated rings. The lowest BCUT2D eigenvalue weighted by Crippen LogP contribution is -1.98. The molecule has 0 saturated carbocycles. The number of hydrogen-bond donors (Lipinski definition) is 1. The lowest BCUT2D eigenvalue weighted by molar-refractivity contribution is 0.559. The first-order valence-electron chi connectivity index (χ1n) is 6.20. The molecule has 0 unspecified atom stereocenters. The number of aryl methyl sites for hydroxylation is 1. The predicted molar refractivity (Wildman–Crippen MR) is 79.7 cm³/mol. The second kappa shape index (κ2) is 4.98. The zero-order valence-corrected chi connectivity index (χ0v) is 11.4. The van der Waals surface area contributed by atoms with E-state index in [0.717, 1.165) is 27.4 Å². The molecule has 1 N–H and O–H groups in total. The van der Waals surface area contributed by atoms with Gasteiger partial charge in [0.1, 0.15) is 11.3 Å². The SMILES string of the molecule is Cc1ccc(Cl)c(NCc2cc3ccccc3o2)c1. The Bertz CT molecular complexity index is 685. The molecule has 3 aromatic rings. The Labute approximate surface area is 117 Å². The van der Waals surface area contributed by atoms with Crippen molar-refractivity contribution in [3.05, 3.63) is 64.9 Å². The van der Waals surface area contributed by atoms with E-state index in [4.69, 9.17) is 16.0 Å². The summed E-state index contributed by atoms with van der Waals surface area (Å²) >= 11 is 6.15. The molecular formula is C16H14ClNO. The van der Waals surface area contributed by atoms with E-state index in [2.05, 4.69) is 5.32 Å². The van der Waals surface area contributed by atoms with Crippen molar-refractivity contribution in [1.82, 2.24) is 0 Å². The fourth-order valence-electron chi connectivity index (χ4n) is 2.08. The lowest BCUT2D eigenvalue weighted by Gasteiger charge is -2.07. The van der Waals surface area contributed by atoms with E-state index in [-0.39, 0.29) is 0 Å². The van der Waals surface area contributed by atoms with Gasteiger partial charge >= 0.3 is 0 Å². The van der Waals surface area contributed by atoms with Crippen LogP contribution in [0.2, 0.25) is 5.02 Å². The fraction of sp³-hybridized carbons (Fsp3) is 0.125. The third-order valence-corrected chi connectivity index (χ3v) is 3.38. The third-order valence-electron chi connectivity index (χ3n) is 3.05. The molecule has 0 bridgehead atoms. The van der Waals surface area contributed by atoms with Crippen LogP contribution in [0.25, 0.3) is 11.0 Å². The highest BCUT2D eigenvalue weighted by atomic mass is 35.5. The smallest absolute Gasteiger partial charge is 0.134 e. The zero-order chi connectivity index (χ0) is 13.2. The average molecular weight is 272 g/mol. The molecule has 1 heterocycles. The lowest BCUT2D eigenvalue weighted by atomic mass is 10.2. The van der Waals surface area contributed by atoms with Gasteiger partial charge in [0.15, 0.2) is 0 Å². The maximum atomic E-state index is 6.15. The van der Waals surface area contributed by atoms with E-state index in [1.807, 2.05) is 55.5 Å². The minimum atomic E-state index is 0.623. The number of furan rings is 1. The molecule has 3 rings (SSSR count). The van der Waals surface area contributed by atoms with Gasteiger partial charge in [-0.2, -0.15) is 0 Å². The summed E-state index contributed by atoms with van der Waals surface area (Å²) in [6, 6.07) is 16.0. The van der Waals surface area contributed by atoms with E-state index < -0.39 is 0 Å². The van der Waals surface area contributed by atoms with Gasteiger partial charge in [-0.3, -0.25) is 0 Å². The van der Waals surface area contributed by atoms with Gasteiger partial charge in [-0.1, -0.05) is 35.9 Å². The van der Waals surface area contributed by atoms with Gasteiger partial charge < -0.3 is 9.73 Å². The molecule has 0 aliphatic rings. The Kier molecular flexibility index (Phi) is 3.18. The number of nitrogens with one attached hydrogen (secondary N) is 1. The number of para-hydroxylation sites is 1. The molecule has 2 nitrogen and oxygen atoms in total. The van der Waals surface area contributed by atoms with Crippen molar-refractivity contribution in [3.63, 3.8) is 0 Å². The van der Waals surface area contributed by atoms with Crippen molar-refractivity contribution in [3.8, 4) is 0 Å². The van der Waals surface area contributed by atoms with Crippen LogP contribution in [0, 0.1) is 6.92 Å². The molecule has 0 amide bonds. The van der Waals surface area contributed by atoms with Crippen molar-refractivity contribution in [2.24, 2.45) is 0 Å². The third kappa shape index (κ3) is 2.59. The Morgan fingerprint density at radius 1 is 1.11 bits per heavy atom. The van der Waals surface area contributed by atoms with Crippen LogP contribution in [-0.2, 0) is 6.54 Å². The number of rotatable bonds is 3. The first-order valence-corrected chi connectivity index (χ1v) is 6.58. The van der Waals surface area contributed by atoms with Crippen LogP contribution in [0.3, 0.4) is 0 Å². The van der Waals surface area contributed by atoms with Crippen LogP contribution in [0.4, 0.5) is 5.69 Å². The summed E-state index contributed by atoms with van der Waals surface area (Å²) in [5, 5.41) is 5.15. The molecule has 96 valence electrons. The molecule has 1 aromatic heterocycles. The Hall–Kier alpha value is -1.93. The summed E-state index contributed by atoms with van der Waals surface area (Å²) in [6.45, 7) is 2.67. The van der Waals surface area contributed by atoms with Gasteiger partial charge in [0.2, 0.25) is 0 Å². The van der Waals surface area contributed by atoms with Crippen molar-refractivity contribution in [2.45, 2.75) is 13.5 Å². The molecule has 19 heavy (non-hydrogen) atoms. The molecule has 3 heteroatoms. The second-order valence-electron chi connectivity index (χ2n) is 4.59. The van der Waals surface area contributed by atoms with Gasteiger partial charge in [0.25, 0.3) is 0 Å². The van der Waals surface area contributed by atoms with Crippen molar-refractivity contribution < 1.29 is 4.42 Å². The molecular weight excluding hydrogens is 258 g/mol. The Balaban J connectivity index is 1.80. The summed E-state index contributed by atoms with van der Waals surface area (Å²) < 4.78 is 5.75. The topological polar surface area (TPSA) is 25.2 Å². The number of hydrogen-bond acceptors (Lipinski definition) is 2. The molecule has 0 aliphatic carbocycles. The minimum absolute atomic E-state index is 0.623. The number of benzene rings is 2. The summed E-state index contributed by atoms with van der Waals surface area (Å²) in [5.74, 6) is 0.902. The Morgan fingerprint density at radius 2 is 1.95 bits per heavy atom. The van der Waals surface area contributed by atoms with Gasteiger partial charge in [0, 0.05) is 5.39 Å². The summed E-state index contributed by atoms with van der Waals surface area (Å²) in [4.78, 5) is 0. The monoisotopic (exact) mass is 271 g/mol. The van der Waals surface area contributed by atoms with Gasteiger partial charge in [0.05, 0.1) is 17.3 Å². The summed E-state index contributed by atoms with van der Waals surface area (Å²) in [7, 11) is 0. The van der Waals surface area contributed by atoms with E-state index in [1.54, 1.807) is 0 Å². The quantitative estimate of drug-likeness (QED) is 0.725. The van der Waals surface area contributed by atoms with Crippen LogP contribution >= 0.6 is 11.6 Å². The van der Waals surface area contributed by atoms with Gasteiger partial charge in [-0.15, -0.1) is 0 Å². The van der Waals surface area contributed by atoms with Crippen LogP contribution in [0.5, 0.6) is 0 Å². The van der Waals surface area contributed by atoms with Crippen molar-refractivity contribution >= 4 is 28.3 Å². The highest BCUT2D eigenvalue weighted by Gasteiger charge is 2.04. The molecule has 0 spiro atoms. The maximum Gasteiger partial charge on any atom is 0.134 e. The summed E-state index contributed by atoms with van der Waals surface area (Å²) in [5.41, 5.74) is 3.02. The van der Waals surface area contributed by atoms with Gasteiger partial charge in [-0.25, -0.2) is 0 Å². The molecule has 0 saturated heterocycles. The fourth-order valence-corrected chi connectivity index (χ4v) is 2.27. The highest BCUT2D eigenvalue weighted by molar-refractivity contribution is 6.33. The number of anilines is 1. The van der Waals surface area contributed by atoms with E-state index in [0.29, 0.717) is 6.54 Å². The first kappa shape index (κ1) is 12.1. The molecule has 0 radical (unpaired) electrons. The number of halogens is 1. The average Bonchev–Trinajstić information content (AvgIpc) is 2.82. The van der Waals surface area contributed by atoms with E-state index in [1.165, 1.54) is 5.56 Å². The second-order valence-corrected chi connectivity index (χ2v) is 4.99. The first-order chi connectivity index (χ1) is 9.22. The van der Waals surface area contributed by atoms with E-state index in [9.17, 15) is 0 Å². The standard InChI is InChI=1S/C16H14ClNO/c1-11-6-7-14(17)15(8-11)18-10-13-9-12-4-2-3-5-16(12)19-13/h2-9,18H,10H2,1H3. The van der Waals surface area contributed by atoms with Crippen LogP contribution in [-0.4, -0.2) is 0 Å². The van der Waals surface area contributed by atoms with E-state index >= 15 is 0 Å². The molecule has 0 aliphatic heterocycles. The van der Waals surface area contributed by atoms with Gasteiger partial charge in [-0.05, 0) is 36.8 Å². The van der Waals surface area contributed by atoms with Crippen molar-refractivity contribution in [2.75, 3.05) is 5.32 Å². The normalized spacial score (nSPS) is 10.8. The largest absolute Gasteiger partial charge is 0.459 e. The summed E-state index contributed by atoms with van der Waals surface area (Å²) in [6.07, 6.45) is 0. The number of fused-ring (bicyclic) bond motifs is 1. The predicted octanol–water partition coefficient (Wildman–Crippen LogP) is 5.01. The van der Waals surface area contributed by atoms with Crippen LogP contribution in [0.1, 0.15) is 11.3 Å². The molecule has 0 atom stereocenters. The van der Waals surface area contributed by atoms with Crippen LogP contribution < -0.4 is 5.32 Å².